The number of nitrogens with one attached hydrogen (secondary N) is 1. The molecule has 0 aliphatic carbocycles. The summed E-state index contributed by atoms with van der Waals surface area (Å²) in [5.74, 6) is -1.01. The molecule has 0 amide bonds. The molecule has 2 N–H and O–H groups in total. The van der Waals surface area contributed by atoms with Gasteiger partial charge in [0.1, 0.15) is 0 Å². The molecule has 20 heavy (non-hydrogen) atoms. The van der Waals surface area contributed by atoms with Gasteiger partial charge in [-0.05, 0) is 18.2 Å². The Morgan fingerprint density at radius 2 is 2.20 bits per heavy atom. The highest BCUT2D eigenvalue weighted by Crippen LogP contribution is 2.13. The minimum absolute atomic E-state index is 0.153. The van der Waals surface area contributed by atoms with E-state index in [-0.39, 0.29) is 11.3 Å². The van der Waals surface area contributed by atoms with E-state index in [1.807, 2.05) is 10.8 Å². The lowest BCUT2D eigenvalue weighted by Gasteiger charge is -2.04. The second kappa shape index (κ2) is 4.69. The fraction of sp³-hybridized carbons (Fsp3) is 0.154. The number of aromatic amines is 1. The molecule has 0 radical (unpaired) electrons. The number of benzene rings is 1. The molecule has 0 atom stereocenters. The van der Waals surface area contributed by atoms with Crippen molar-refractivity contribution in [3.63, 3.8) is 0 Å². The van der Waals surface area contributed by atoms with E-state index < -0.39 is 5.97 Å². The van der Waals surface area contributed by atoms with Gasteiger partial charge in [-0.15, -0.1) is 0 Å². The van der Waals surface area contributed by atoms with Crippen LogP contribution in [0.4, 0.5) is 0 Å². The van der Waals surface area contributed by atoms with Gasteiger partial charge in [-0.3, -0.25) is 4.57 Å². The van der Waals surface area contributed by atoms with Crippen LogP contribution in [0.5, 0.6) is 0 Å². The summed E-state index contributed by atoms with van der Waals surface area (Å²) in [5, 5.41) is 8.94. The smallest absolute Gasteiger partial charge is 0.335 e. The van der Waals surface area contributed by atoms with Crippen molar-refractivity contribution in [1.29, 1.82) is 0 Å². The van der Waals surface area contributed by atoms with Gasteiger partial charge in [0.2, 0.25) is 0 Å². The maximum Gasteiger partial charge on any atom is 0.335 e. The van der Waals surface area contributed by atoms with Gasteiger partial charge in [0.05, 0.1) is 22.9 Å². The number of aromatic nitrogens is 4. The Kier molecular flexibility index (Phi) is 2.86. The van der Waals surface area contributed by atoms with Crippen LogP contribution in [0.25, 0.3) is 11.0 Å². The second-order valence-corrected chi connectivity index (χ2v) is 4.42. The fourth-order valence-electron chi connectivity index (χ4n) is 2.15. The van der Waals surface area contributed by atoms with Gasteiger partial charge in [0, 0.05) is 25.5 Å². The van der Waals surface area contributed by atoms with Gasteiger partial charge < -0.3 is 14.7 Å². The molecule has 0 spiro atoms. The van der Waals surface area contributed by atoms with Crippen LogP contribution < -0.4 is 5.69 Å². The van der Waals surface area contributed by atoms with Crippen LogP contribution in [0.15, 0.2) is 41.7 Å². The summed E-state index contributed by atoms with van der Waals surface area (Å²) >= 11 is 0. The summed E-state index contributed by atoms with van der Waals surface area (Å²) in [6.07, 6.45) is 5.18. The Hall–Kier alpha value is -2.83. The van der Waals surface area contributed by atoms with E-state index in [1.54, 1.807) is 23.2 Å². The zero-order valence-corrected chi connectivity index (χ0v) is 10.5. The third-order valence-corrected chi connectivity index (χ3v) is 3.16. The molecule has 0 saturated heterocycles. The molecular formula is C13H12N4O3. The molecule has 0 bridgehead atoms. The Morgan fingerprint density at radius 1 is 1.35 bits per heavy atom. The summed E-state index contributed by atoms with van der Waals surface area (Å²) in [7, 11) is 0. The van der Waals surface area contributed by atoms with Crippen molar-refractivity contribution in [3.05, 3.63) is 53.0 Å². The fourth-order valence-corrected chi connectivity index (χ4v) is 2.15. The molecule has 0 saturated carbocycles. The van der Waals surface area contributed by atoms with E-state index in [4.69, 9.17) is 5.11 Å². The van der Waals surface area contributed by atoms with E-state index in [1.165, 1.54) is 12.1 Å². The molecule has 0 unspecified atom stereocenters. The molecule has 3 rings (SSSR count). The maximum absolute atomic E-state index is 11.9. The first-order valence-corrected chi connectivity index (χ1v) is 6.07. The normalized spacial score (nSPS) is 11.0. The van der Waals surface area contributed by atoms with Gasteiger partial charge in [-0.25, -0.2) is 14.6 Å². The summed E-state index contributed by atoms with van der Waals surface area (Å²) < 4.78 is 3.46. The average molecular weight is 272 g/mol. The van der Waals surface area contributed by atoms with Crippen LogP contribution in [0.3, 0.4) is 0 Å². The number of carbonyl (C=O) groups is 1. The average Bonchev–Trinajstić information content (AvgIpc) is 3.02. The molecular weight excluding hydrogens is 260 g/mol. The molecule has 102 valence electrons. The first kappa shape index (κ1) is 12.2. The van der Waals surface area contributed by atoms with Crippen molar-refractivity contribution in [2.24, 2.45) is 0 Å². The number of carboxylic acid groups (broad SMARTS) is 1. The van der Waals surface area contributed by atoms with Crippen molar-refractivity contribution in [1.82, 2.24) is 19.1 Å². The van der Waals surface area contributed by atoms with E-state index in [9.17, 15) is 9.59 Å². The van der Waals surface area contributed by atoms with Gasteiger partial charge in [0.15, 0.2) is 0 Å². The third-order valence-electron chi connectivity index (χ3n) is 3.16. The number of hydrogen-bond donors (Lipinski definition) is 2. The van der Waals surface area contributed by atoms with Crippen LogP contribution in [-0.4, -0.2) is 30.2 Å². The van der Waals surface area contributed by atoms with Crippen LogP contribution in [0.2, 0.25) is 0 Å². The number of nitrogens with zero attached hydrogens (tertiary/aromatic N) is 3. The number of imidazole rings is 2. The zero-order chi connectivity index (χ0) is 14.1. The van der Waals surface area contributed by atoms with E-state index in [0.29, 0.717) is 24.1 Å². The molecule has 7 nitrogen and oxygen atoms in total. The van der Waals surface area contributed by atoms with Crippen LogP contribution in [0.1, 0.15) is 10.4 Å². The number of aromatic carboxylic acids is 1. The minimum atomic E-state index is -1.01. The third kappa shape index (κ3) is 2.09. The molecule has 2 heterocycles. The number of hydrogen-bond acceptors (Lipinski definition) is 3. The van der Waals surface area contributed by atoms with E-state index in [2.05, 4.69) is 9.97 Å². The Balaban J connectivity index is 1.96. The summed E-state index contributed by atoms with van der Waals surface area (Å²) in [4.78, 5) is 29.4. The highest BCUT2D eigenvalue weighted by atomic mass is 16.4. The molecule has 1 aromatic carbocycles. The first-order valence-electron chi connectivity index (χ1n) is 6.07. The van der Waals surface area contributed by atoms with Crippen molar-refractivity contribution < 1.29 is 9.90 Å². The van der Waals surface area contributed by atoms with Gasteiger partial charge in [0.25, 0.3) is 0 Å². The summed E-state index contributed by atoms with van der Waals surface area (Å²) in [6, 6.07) is 4.60. The number of fused-ring (bicyclic) bond motifs is 1. The topological polar surface area (TPSA) is 92.9 Å². The monoisotopic (exact) mass is 272 g/mol. The Bertz CT molecular complexity index is 814. The van der Waals surface area contributed by atoms with Crippen molar-refractivity contribution in [2.75, 3.05) is 0 Å². The van der Waals surface area contributed by atoms with E-state index >= 15 is 0 Å². The second-order valence-electron chi connectivity index (χ2n) is 4.42. The maximum atomic E-state index is 11.9. The number of aryl methyl sites for hydroxylation is 2. The molecule has 7 heteroatoms. The SMILES string of the molecule is O=C(O)c1ccc2c(c1)[nH]c(=O)n2CCn1ccnc1. The van der Waals surface area contributed by atoms with Crippen LogP contribution >= 0.6 is 0 Å². The predicted octanol–water partition coefficient (Wildman–Crippen LogP) is 0.924. The zero-order valence-electron chi connectivity index (χ0n) is 10.5. The highest BCUT2D eigenvalue weighted by molar-refractivity contribution is 5.92. The number of H-pyrrole nitrogens is 1. The number of carboxylic acids is 1. The lowest BCUT2D eigenvalue weighted by molar-refractivity contribution is 0.0697. The van der Waals surface area contributed by atoms with Gasteiger partial charge >= 0.3 is 11.7 Å². The van der Waals surface area contributed by atoms with Crippen molar-refractivity contribution in [3.8, 4) is 0 Å². The predicted molar refractivity (Wildman–Crippen MR) is 71.7 cm³/mol. The molecule has 0 fully saturated rings. The molecule has 3 aromatic rings. The standard InChI is InChI=1S/C13H12N4O3/c18-12(19)9-1-2-11-10(7-9)15-13(20)17(11)6-5-16-4-3-14-8-16/h1-4,7-8H,5-6H2,(H,15,20)(H,18,19). The van der Waals surface area contributed by atoms with Gasteiger partial charge in [-0.1, -0.05) is 0 Å². The number of rotatable bonds is 4. The largest absolute Gasteiger partial charge is 0.478 e. The quantitative estimate of drug-likeness (QED) is 0.738. The van der Waals surface area contributed by atoms with Crippen molar-refractivity contribution >= 4 is 17.0 Å². The molecule has 2 aromatic heterocycles. The highest BCUT2D eigenvalue weighted by Gasteiger charge is 2.10. The Labute approximate surface area is 113 Å². The first-order chi connectivity index (χ1) is 9.65. The van der Waals surface area contributed by atoms with Crippen LogP contribution in [0, 0.1) is 0 Å². The lowest BCUT2D eigenvalue weighted by Crippen LogP contribution is -2.19. The molecule has 0 aliphatic heterocycles. The van der Waals surface area contributed by atoms with Gasteiger partial charge in [-0.2, -0.15) is 0 Å². The van der Waals surface area contributed by atoms with E-state index in [0.717, 1.165) is 0 Å². The Morgan fingerprint density at radius 3 is 2.90 bits per heavy atom. The summed E-state index contributed by atoms with van der Waals surface area (Å²) in [5.41, 5.74) is 1.13. The summed E-state index contributed by atoms with van der Waals surface area (Å²) in [6.45, 7) is 1.11. The van der Waals surface area contributed by atoms with Crippen molar-refractivity contribution in [2.45, 2.75) is 13.1 Å². The molecule has 0 aliphatic rings. The van der Waals surface area contributed by atoms with Crippen LogP contribution in [-0.2, 0) is 13.1 Å². The lowest BCUT2D eigenvalue weighted by atomic mass is 10.2. The minimum Gasteiger partial charge on any atom is -0.478 e.